The van der Waals surface area contributed by atoms with Crippen LogP contribution >= 0.6 is 0 Å². The molecule has 0 bridgehead atoms. The number of hydrogen-bond acceptors (Lipinski definition) is 3. The Morgan fingerprint density at radius 2 is 1.95 bits per heavy atom. The molecule has 3 heteroatoms. The normalized spacial score (nSPS) is 11.8. The van der Waals surface area contributed by atoms with E-state index in [0.717, 1.165) is 17.7 Å². The summed E-state index contributed by atoms with van der Waals surface area (Å²) in [6.07, 6.45) is 0. The van der Waals surface area contributed by atoms with Gasteiger partial charge in [-0.3, -0.25) is 0 Å². The summed E-state index contributed by atoms with van der Waals surface area (Å²) in [4.78, 5) is 0. The maximum atomic E-state index is 9.22. The first-order valence-electron chi connectivity index (χ1n) is 6.20. The Hall–Kier alpha value is -2.31. The standard InChI is InChI=1S/C16H16N2O/c1-12(15-4-2-3-14(9-15)10-17)18-11-13-5-7-16(19)8-6-13/h2-9,12,18-19H,11H2,1H3. The maximum absolute atomic E-state index is 9.22. The van der Waals surface area contributed by atoms with Crippen LogP contribution < -0.4 is 5.32 Å². The lowest BCUT2D eigenvalue weighted by atomic mass is 10.1. The van der Waals surface area contributed by atoms with Crippen molar-refractivity contribution < 1.29 is 5.11 Å². The molecule has 0 spiro atoms. The first-order chi connectivity index (χ1) is 9.19. The minimum atomic E-state index is 0.169. The highest BCUT2D eigenvalue weighted by atomic mass is 16.3. The molecule has 2 rings (SSSR count). The summed E-state index contributed by atoms with van der Waals surface area (Å²) in [5, 5.41) is 21.5. The summed E-state index contributed by atoms with van der Waals surface area (Å²) in [5.41, 5.74) is 2.88. The van der Waals surface area contributed by atoms with Crippen molar-refractivity contribution in [1.82, 2.24) is 5.32 Å². The van der Waals surface area contributed by atoms with Crippen LogP contribution in [0, 0.1) is 11.3 Å². The minimum absolute atomic E-state index is 0.169. The zero-order chi connectivity index (χ0) is 13.7. The van der Waals surface area contributed by atoms with Crippen LogP contribution in [0.15, 0.2) is 48.5 Å². The fourth-order valence-electron chi connectivity index (χ4n) is 1.88. The van der Waals surface area contributed by atoms with Crippen LogP contribution in [-0.2, 0) is 6.54 Å². The highest BCUT2D eigenvalue weighted by Gasteiger charge is 2.05. The Labute approximate surface area is 113 Å². The number of aromatic hydroxyl groups is 1. The molecule has 1 unspecified atom stereocenters. The number of nitrogens with one attached hydrogen (secondary N) is 1. The van der Waals surface area contributed by atoms with Crippen molar-refractivity contribution in [1.29, 1.82) is 5.26 Å². The average molecular weight is 252 g/mol. The third-order valence-electron chi connectivity index (χ3n) is 3.06. The number of rotatable bonds is 4. The van der Waals surface area contributed by atoms with Crippen molar-refractivity contribution in [2.75, 3.05) is 0 Å². The van der Waals surface area contributed by atoms with Crippen molar-refractivity contribution in [3.05, 3.63) is 65.2 Å². The molecule has 0 saturated carbocycles. The average Bonchev–Trinajstić information content (AvgIpc) is 2.46. The lowest BCUT2D eigenvalue weighted by molar-refractivity contribution is 0.474. The van der Waals surface area contributed by atoms with Crippen LogP contribution in [0.5, 0.6) is 5.75 Å². The zero-order valence-corrected chi connectivity index (χ0v) is 10.8. The van der Waals surface area contributed by atoms with Crippen molar-refractivity contribution in [3.8, 4) is 11.8 Å². The quantitative estimate of drug-likeness (QED) is 0.879. The molecule has 19 heavy (non-hydrogen) atoms. The third kappa shape index (κ3) is 3.57. The molecular formula is C16H16N2O. The summed E-state index contributed by atoms with van der Waals surface area (Å²) in [5.74, 6) is 0.276. The van der Waals surface area contributed by atoms with Crippen LogP contribution in [0.4, 0.5) is 0 Å². The minimum Gasteiger partial charge on any atom is -0.508 e. The summed E-state index contributed by atoms with van der Waals surface area (Å²) >= 11 is 0. The fourth-order valence-corrected chi connectivity index (χ4v) is 1.88. The van der Waals surface area contributed by atoms with E-state index in [-0.39, 0.29) is 11.8 Å². The molecule has 0 fully saturated rings. The second kappa shape index (κ2) is 6.03. The van der Waals surface area contributed by atoms with Gasteiger partial charge in [0.05, 0.1) is 11.6 Å². The molecule has 0 aliphatic carbocycles. The molecule has 0 saturated heterocycles. The monoisotopic (exact) mass is 252 g/mol. The Balaban J connectivity index is 1.99. The fraction of sp³-hybridized carbons (Fsp3) is 0.188. The summed E-state index contributed by atoms with van der Waals surface area (Å²) in [6.45, 7) is 2.79. The Bertz CT molecular complexity index is 584. The molecule has 1 atom stereocenters. The number of benzene rings is 2. The first-order valence-corrected chi connectivity index (χ1v) is 6.20. The molecule has 0 amide bonds. The SMILES string of the molecule is CC(NCc1ccc(O)cc1)c1cccc(C#N)c1. The maximum Gasteiger partial charge on any atom is 0.115 e. The molecular weight excluding hydrogens is 236 g/mol. The highest BCUT2D eigenvalue weighted by Crippen LogP contribution is 2.15. The second-order valence-corrected chi connectivity index (χ2v) is 4.51. The van der Waals surface area contributed by atoms with Gasteiger partial charge in [0.1, 0.15) is 5.75 Å². The van der Waals surface area contributed by atoms with Crippen molar-refractivity contribution in [2.45, 2.75) is 19.5 Å². The van der Waals surface area contributed by atoms with Crippen LogP contribution in [0.3, 0.4) is 0 Å². The van der Waals surface area contributed by atoms with Gasteiger partial charge in [0.25, 0.3) is 0 Å². The molecule has 0 aromatic heterocycles. The van der Waals surface area contributed by atoms with Gasteiger partial charge >= 0.3 is 0 Å². The van der Waals surface area contributed by atoms with Crippen LogP contribution in [-0.4, -0.2) is 5.11 Å². The molecule has 0 aliphatic rings. The molecule has 2 N–H and O–H groups in total. The van der Waals surface area contributed by atoms with Crippen molar-refractivity contribution >= 4 is 0 Å². The lowest BCUT2D eigenvalue weighted by Gasteiger charge is -2.14. The smallest absolute Gasteiger partial charge is 0.115 e. The summed E-state index contributed by atoms with van der Waals surface area (Å²) < 4.78 is 0. The van der Waals surface area contributed by atoms with Gasteiger partial charge in [0.15, 0.2) is 0 Å². The van der Waals surface area contributed by atoms with E-state index >= 15 is 0 Å². The zero-order valence-electron chi connectivity index (χ0n) is 10.8. The van der Waals surface area contributed by atoms with E-state index in [0.29, 0.717) is 5.56 Å². The molecule has 0 heterocycles. The van der Waals surface area contributed by atoms with Crippen molar-refractivity contribution in [2.24, 2.45) is 0 Å². The van der Waals surface area contributed by atoms with E-state index in [4.69, 9.17) is 5.26 Å². The van der Waals surface area contributed by atoms with Crippen LogP contribution in [0.2, 0.25) is 0 Å². The van der Waals surface area contributed by atoms with Gasteiger partial charge < -0.3 is 10.4 Å². The topological polar surface area (TPSA) is 56.0 Å². The molecule has 2 aromatic rings. The second-order valence-electron chi connectivity index (χ2n) is 4.51. The van der Waals surface area contributed by atoms with Crippen molar-refractivity contribution in [3.63, 3.8) is 0 Å². The van der Waals surface area contributed by atoms with E-state index < -0.39 is 0 Å². The van der Waals surface area contributed by atoms with Gasteiger partial charge in [-0.1, -0.05) is 24.3 Å². The molecule has 2 aromatic carbocycles. The predicted molar refractivity (Wildman–Crippen MR) is 74.5 cm³/mol. The first kappa shape index (κ1) is 13.1. The third-order valence-corrected chi connectivity index (χ3v) is 3.06. The van der Waals surface area contributed by atoms with E-state index in [1.807, 2.05) is 30.3 Å². The van der Waals surface area contributed by atoms with Gasteiger partial charge in [0.2, 0.25) is 0 Å². The van der Waals surface area contributed by atoms with Gasteiger partial charge in [-0.15, -0.1) is 0 Å². The largest absolute Gasteiger partial charge is 0.508 e. The molecule has 0 radical (unpaired) electrons. The summed E-state index contributed by atoms with van der Waals surface area (Å²) in [7, 11) is 0. The Morgan fingerprint density at radius 3 is 2.63 bits per heavy atom. The Morgan fingerprint density at radius 1 is 1.21 bits per heavy atom. The number of phenols is 1. The number of hydrogen-bond donors (Lipinski definition) is 2. The van der Waals surface area contributed by atoms with E-state index in [2.05, 4.69) is 18.3 Å². The number of nitrogens with zero attached hydrogens (tertiary/aromatic N) is 1. The molecule has 0 aliphatic heterocycles. The van der Waals surface area contributed by atoms with Crippen LogP contribution in [0.1, 0.15) is 29.7 Å². The van der Waals surface area contributed by atoms with Gasteiger partial charge in [0, 0.05) is 12.6 Å². The Kier molecular flexibility index (Phi) is 4.17. The van der Waals surface area contributed by atoms with E-state index in [9.17, 15) is 5.11 Å². The van der Waals surface area contributed by atoms with E-state index in [1.165, 1.54) is 0 Å². The lowest BCUT2D eigenvalue weighted by Crippen LogP contribution is -2.18. The predicted octanol–water partition coefficient (Wildman–Crippen LogP) is 3.11. The molecule has 96 valence electrons. The van der Waals surface area contributed by atoms with E-state index in [1.54, 1.807) is 18.2 Å². The van der Waals surface area contributed by atoms with Crippen LogP contribution in [0.25, 0.3) is 0 Å². The number of phenolic OH excluding ortho intramolecular Hbond substituents is 1. The highest BCUT2D eigenvalue weighted by molar-refractivity contribution is 5.34. The van der Waals surface area contributed by atoms with Gasteiger partial charge in [-0.25, -0.2) is 0 Å². The molecule has 3 nitrogen and oxygen atoms in total. The summed E-state index contributed by atoms with van der Waals surface area (Å²) in [6, 6.07) is 17.1. The van der Waals surface area contributed by atoms with Gasteiger partial charge in [-0.05, 0) is 42.3 Å². The van der Waals surface area contributed by atoms with Gasteiger partial charge in [-0.2, -0.15) is 5.26 Å². The number of nitriles is 1.